The summed E-state index contributed by atoms with van der Waals surface area (Å²) in [7, 11) is 1.63. The standard InChI is InChI=1S/C19H25FN6O2/c1-21-19(27)22-15-5-7-25(8-6-15)10-16-17-12-28-18(11-26(17)24-23-16)13-3-2-4-14(20)9-13/h2-4,9,15,18H,5-8,10-12H2,1H3,(H2,21,22,27)/t18-/m0/s1. The van der Waals surface area contributed by atoms with Gasteiger partial charge in [0.1, 0.15) is 17.6 Å². The van der Waals surface area contributed by atoms with Crippen molar-refractivity contribution in [3.05, 3.63) is 47.0 Å². The van der Waals surface area contributed by atoms with E-state index in [1.165, 1.54) is 12.1 Å². The molecular weight excluding hydrogens is 363 g/mol. The number of ether oxygens (including phenoxy) is 1. The van der Waals surface area contributed by atoms with Crippen LogP contribution in [0, 0.1) is 5.82 Å². The van der Waals surface area contributed by atoms with Crippen molar-refractivity contribution in [3.8, 4) is 0 Å². The Kier molecular flexibility index (Phi) is 5.54. The number of hydrogen-bond acceptors (Lipinski definition) is 5. The second-order valence-corrected chi connectivity index (χ2v) is 7.29. The summed E-state index contributed by atoms with van der Waals surface area (Å²) < 4.78 is 21.3. The van der Waals surface area contributed by atoms with Crippen LogP contribution in [0.2, 0.25) is 0 Å². The van der Waals surface area contributed by atoms with Gasteiger partial charge in [0.2, 0.25) is 0 Å². The highest BCUT2D eigenvalue weighted by Crippen LogP contribution is 2.28. The van der Waals surface area contributed by atoms with Gasteiger partial charge in [-0.15, -0.1) is 5.10 Å². The number of benzene rings is 1. The van der Waals surface area contributed by atoms with Crippen molar-refractivity contribution in [2.45, 2.75) is 44.7 Å². The van der Waals surface area contributed by atoms with E-state index < -0.39 is 0 Å². The summed E-state index contributed by atoms with van der Waals surface area (Å²) in [6.07, 6.45) is 1.61. The molecule has 3 heterocycles. The lowest BCUT2D eigenvalue weighted by molar-refractivity contribution is -0.00232. The number of urea groups is 1. The van der Waals surface area contributed by atoms with E-state index in [4.69, 9.17) is 4.74 Å². The fourth-order valence-corrected chi connectivity index (χ4v) is 3.80. The molecule has 28 heavy (non-hydrogen) atoms. The molecule has 0 spiro atoms. The van der Waals surface area contributed by atoms with E-state index in [2.05, 4.69) is 25.8 Å². The quantitative estimate of drug-likeness (QED) is 0.831. The molecule has 150 valence electrons. The smallest absolute Gasteiger partial charge is 0.314 e. The molecule has 2 aromatic rings. The van der Waals surface area contributed by atoms with Crippen LogP contribution in [-0.4, -0.2) is 52.1 Å². The summed E-state index contributed by atoms with van der Waals surface area (Å²) in [6.45, 7) is 3.46. The number of fused-ring (bicyclic) bond motifs is 1. The number of likely N-dealkylation sites (tertiary alicyclic amines) is 1. The number of piperidine rings is 1. The zero-order valence-electron chi connectivity index (χ0n) is 15.9. The van der Waals surface area contributed by atoms with Gasteiger partial charge in [0, 0.05) is 32.7 Å². The highest BCUT2D eigenvalue weighted by Gasteiger charge is 2.27. The number of carbonyl (C=O) groups is 1. The Balaban J connectivity index is 1.34. The molecule has 0 unspecified atom stereocenters. The van der Waals surface area contributed by atoms with Gasteiger partial charge in [-0.25, -0.2) is 13.9 Å². The average molecular weight is 388 g/mol. The first kappa shape index (κ1) is 18.8. The summed E-state index contributed by atoms with van der Waals surface area (Å²) in [4.78, 5) is 13.8. The van der Waals surface area contributed by atoms with Gasteiger partial charge in [-0.3, -0.25) is 4.90 Å². The first-order valence-corrected chi connectivity index (χ1v) is 9.61. The molecule has 1 atom stereocenters. The average Bonchev–Trinajstić information content (AvgIpc) is 3.11. The van der Waals surface area contributed by atoms with Gasteiger partial charge < -0.3 is 15.4 Å². The lowest BCUT2D eigenvalue weighted by Gasteiger charge is -2.32. The number of aromatic nitrogens is 3. The van der Waals surface area contributed by atoms with Gasteiger partial charge >= 0.3 is 6.03 Å². The van der Waals surface area contributed by atoms with Crippen LogP contribution < -0.4 is 10.6 Å². The monoisotopic (exact) mass is 388 g/mol. The van der Waals surface area contributed by atoms with Gasteiger partial charge in [0.15, 0.2) is 0 Å². The van der Waals surface area contributed by atoms with Crippen LogP contribution in [0.3, 0.4) is 0 Å². The third kappa shape index (κ3) is 4.15. The normalized spacial score (nSPS) is 20.6. The molecule has 0 radical (unpaired) electrons. The zero-order chi connectivity index (χ0) is 19.5. The van der Waals surface area contributed by atoms with E-state index in [1.54, 1.807) is 13.1 Å². The number of rotatable bonds is 4. The molecule has 0 saturated carbocycles. The topological polar surface area (TPSA) is 84.3 Å². The Labute approximate surface area is 163 Å². The van der Waals surface area contributed by atoms with E-state index >= 15 is 0 Å². The molecule has 1 aromatic heterocycles. The van der Waals surface area contributed by atoms with Crippen molar-refractivity contribution in [2.75, 3.05) is 20.1 Å². The van der Waals surface area contributed by atoms with Gasteiger partial charge in [-0.2, -0.15) is 0 Å². The number of amides is 2. The van der Waals surface area contributed by atoms with E-state index in [1.807, 2.05) is 10.7 Å². The van der Waals surface area contributed by atoms with E-state index in [0.29, 0.717) is 13.2 Å². The lowest BCUT2D eigenvalue weighted by Crippen LogP contribution is -2.47. The molecule has 1 aromatic carbocycles. The van der Waals surface area contributed by atoms with Crippen LogP contribution in [0.15, 0.2) is 24.3 Å². The Morgan fingerprint density at radius 1 is 1.36 bits per heavy atom. The van der Waals surface area contributed by atoms with Crippen LogP contribution in [0.25, 0.3) is 0 Å². The highest BCUT2D eigenvalue weighted by molar-refractivity contribution is 5.73. The highest BCUT2D eigenvalue weighted by atomic mass is 19.1. The van der Waals surface area contributed by atoms with Gasteiger partial charge in [0.25, 0.3) is 0 Å². The Bertz CT molecular complexity index is 834. The van der Waals surface area contributed by atoms with Gasteiger partial charge in [0.05, 0.1) is 18.8 Å². The van der Waals surface area contributed by atoms with Crippen molar-refractivity contribution >= 4 is 6.03 Å². The number of carbonyl (C=O) groups excluding carboxylic acids is 1. The predicted octanol–water partition coefficient (Wildman–Crippen LogP) is 1.58. The van der Waals surface area contributed by atoms with Crippen molar-refractivity contribution in [3.63, 3.8) is 0 Å². The Morgan fingerprint density at radius 3 is 2.93 bits per heavy atom. The van der Waals surface area contributed by atoms with Crippen LogP contribution >= 0.6 is 0 Å². The number of nitrogens with one attached hydrogen (secondary N) is 2. The minimum atomic E-state index is -0.263. The summed E-state index contributed by atoms with van der Waals surface area (Å²) in [6, 6.07) is 6.58. The molecule has 1 fully saturated rings. The molecular formula is C19H25FN6O2. The molecule has 4 rings (SSSR count). The van der Waals surface area contributed by atoms with E-state index in [-0.39, 0.29) is 24.0 Å². The molecule has 2 amide bonds. The van der Waals surface area contributed by atoms with Crippen molar-refractivity contribution in [1.29, 1.82) is 0 Å². The maximum atomic E-state index is 13.5. The predicted molar refractivity (Wildman–Crippen MR) is 99.8 cm³/mol. The first-order valence-electron chi connectivity index (χ1n) is 9.61. The van der Waals surface area contributed by atoms with Crippen molar-refractivity contribution < 1.29 is 13.9 Å². The Hall–Kier alpha value is -2.52. The SMILES string of the molecule is CNC(=O)NC1CCN(Cc2nnn3c2CO[C@H](c2cccc(F)c2)C3)CC1. The van der Waals surface area contributed by atoms with E-state index in [0.717, 1.165) is 49.4 Å². The minimum absolute atomic E-state index is 0.129. The number of nitrogens with zero attached hydrogens (tertiary/aromatic N) is 4. The second-order valence-electron chi connectivity index (χ2n) is 7.29. The summed E-state index contributed by atoms with van der Waals surface area (Å²) >= 11 is 0. The van der Waals surface area contributed by atoms with E-state index in [9.17, 15) is 9.18 Å². The molecule has 1 saturated heterocycles. The molecule has 8 nitrogen and oxygen atoms in total. The molecule has 0 aliphatic carbocycles. The maximum absolute atomic E-state index is 13.5. The fraction of sp³-hybridized carbons (Fsp3) is 0.526. The summed E-state index contributed by atoms with van der Waals surface area (Å²) in [5, 5.41) is 14.2. The molecule has 2 aliphatic heterocycles. The number of hydrogen-bond donors (Lipinski definition) is 2. The van der Waals surface area contributed by atoms with Crippen LogP contribution in [-0.2, 0) is 24.4 Å². The third-order valence-corrected chi connectivity index (χ3v) is 5.42. The van der Waals surface area contributed by atoms with Crippen LogP contribution in [0.1, 0.15) is 35.9 Å². The molecule has 2 N–H and O–H groups in total. The fourth-order valence-electron chi connectivity index (χ4n) is 3.80. The van der Waals surface area contributed by atoms with Crippen LogP contribution in [0.5, 0.6) is 0 Å². The summed E-state index contributed by atoms with van der Waals surface area (Å²) in [5.74, 6) is -0.263. The third-order valence-electron chi connectivity index (χ3n) is 5.42. The van der Waals surface area contributed by atoms with Gasteiger partial charge in [-0.05, 0) is 30.5 Å². The maximum Gasteiger partial charge on any atom is 0.314 e. The summed E-state index contributed by atoms with van der Waals surface area (Å²) in [5.41, 5.74) is 2.72. The number of halogens is 1. The zero-order valence-corrected chi connectivity index (χ0v) is 15.9. The first-order chi connectivity index (χ1) is 13.6. The van der Waals surface area contributed by atoms with Crippen LogP contribution in [0.4, 0.5) is 9.18 Å². The molecule has 0 bridgehead atoms. The second kappa shape index (κ2) is 8.24. The minimum Gasteiger partial charge on any atom is -0.365 e. The lowest BCUT2D eigenvalue weighted by atomic mass is 10.0. The van der Waals surface area contributed by atoms with Crippen molar-refractivity contribution in [1.82, 2.24) is 30.5 Å². The van der Waals surface area contributed by atoms with Crippen molar-refractivity contribution in [2.24, 2.45) is 0 Å². The Morgan fingerprint density at radius 2 is 2.18 bits per heavy atom. The van der Waals surface area contributed by atoms with Gasteiger partial charge in [-0.1, -0.05) is 17.3 Å². The molecule has 2 aliphatic rings. The largest absolute Gasteiger partial charge is 0.365 e. The molecule has 9 heteroatoms.